The summed E-state index contributed by atoms with van der Waals surface area (Å²) in [7, 11) is 8.23. The van der Waals surface area contributed by atoms with Gasteiger partial charge in [-0.2, -0.15) is 0 Å². The standard InChI is InChI=1S/C21H25NO5/c1-22-16-8-6-13-14(11-19(25-3)21(27-5)20(13)26-4)12-7-9-18(24-2)17(23)10-15(12)16/h7,9-11,16,22H,6,8H2,1-5H3. The molecule has 3 rings (SSSR count). The van der Waals surface area contributed by atoms with Gasteiger partial charge in [0.1, 0.15) is 0 Å². The first-order valence-electron chi connectivity index (χ1n) is 8.81. The van der Waals surface area contributed by atoms with Crippen LogP contribution in [0.4, 0.5) is 0 Å². The molecule has 0 radical (unpaired) electrons. The molecule has 6 heteroatoms. The summed E-state index contributed by atoms with van der Waals surface area (Å²) in [6.07, 6.45) is 1.59. The predicted molar refractivity (Wildman–Crippen MR) is 104 cm³/mol. The van der Waals surface area contributed by atoms with Crippen molar-refractivity contribution in [2.45, 2.75) is 18.9 Å². The molecule has 0 spiro atoms. The Bertz CT molecular complexity index is 910. The second kappa shape index (κ2) is 7.88. The van der Waals surface area contributed by atoms with Crippen LogP contribution in [0.15, 0.2) is 29.1 Å². The molecule has 0 heterocycles. The molecule has 1 aliphatic carbocycles. The quantitative estimate of drug-likeness (QED) is 0.872. The third kappa shape index (κ3) is 3.21. The van der Waals surface area contributed by atoms with Crippen LogP contribution in [0.25, 0.3) is 11.1 Å². The van der Waals surface area contributed by atoms with Crippen LogP contribution in [0, 0.1) is 0 Å². The van der Waals surface area contributed by atoms with Gasteiger partial charge in [0.05, 0.1) is 28.4 Å². The Labute approximate surface area is 159 Å². The van der Waals surface area contributed by atoms with Crippen molar-refractivity contribution in [2.24, 2.45) is 0 Å². The largest absolute Gasteiger partial charge is 0.493 e. The van der Waals surface area contributed by atoms with Gasteiger partial charge in [-0.05, 0) is 54.8 Å². The third-order valence-corrected chi connectivity index (χ3v) is 5.09. The molecule has 1 aliphatic rings. The van der Waals surface area contributed by atoms with Gasteiger partial charge in [0.2, 0.25) is 11.2 Å². The van der Waals surface area contributed by atoms with E-state index in [4.69, 9.17) is 18.9 Å². The summed E-state index contributed by atoms with van der Waals surface area (Å²) >= 11 is 0. The molecule has 6 nitrogen and oxygen atoms in total. The van der Waals surface area contributed by atoms with E-state index in [0.29, 0.717) is 23.0 Å². The molecule has 0 amide bonds. The van der Waals surface area contributed by atoms with E-state index in [1.165, 1.54) is 7.11 Å². The number of benzene rings is 1. The van der Waals surface area contributed by atoms with Crippen LogP contribution in [-0.4, -0.2) is 35.5 Å². The normalized spacial score (nSPS) is 15.2. The van der Waals surface area contributed by atoms with E-state index in [9.17, 15) is 4.79 Å². The molecule has 0 saturated heterocycles. The van der Waals surface area contributed by atoms with E-state index >= 15 is 0 Å². The van der Waals surface area contributed by atoms with Crippen LogP contribution in [0.2, 0.25) is 0 Å². The van der Waals surface area contributed by atoms with Gasteiger partial charge in [-0.1, -0.05) is 6.07 Å². The number of fused-ring (bicyclic) bond motifs is 3. The number of hydrogen-bond donors (Lipinski definition) is 1. The summed E-state index contributed by atoms with van der Waals surface area (Å²) < 4.78 is 22.0. The molecule has 2 aromatic carbocycles. The van der Waals surface area contributed by atoms with Crippen LogP contribution in [0.1, 0.15) is 23.6 Å². The minimum absolute atomic E-state index is 0.0268. The van der Waals surface area contributed by atoms with Crippen molar-refractivity contribution in [3.63, 3.8) is 0 Å². The van der Waals surface area contributed by atoms with Crippen molar-refractivity contribution >= 4 is 0 Å². The van der Waals surface area contributed by atoms with Crippen LogP contribution in [0.3, 0.4) is 0 Å². The molecule has 0 aliphatic heterocycles. The minimum Gasteiger partial charge on any atom is -0.493 e. The monoisotopic (exact) mass is 371 g/mol. The van der Waals surface area contributed by atoms with Crippen molar-refractivity contribution in [1.29, 1.82) is 0 Å². The van der Waals surface area contributed by atoms with E-state index in [-0.39, 0.29) is 11.5 Å². The van der Waals surface area contributed by atoms with Gasteiger partial charge in [-0.3, -0.25) is 4.79 Å². The number of nitrogens with one attached hydrogen (secondary N) is 1. The molecule has 0 aromatic heterocycles. The Morgan fingerprint density at radius 1 is 0.889 bits per heavy atom. The molecule has 0 fully saturated rings. The van der Waals surface area contributed by atoms with Crippen LogP contribution in [-0.2, 0) is 6.42 Å². The zero-order valence-corrected chi connectivity index (χ0v) is 16.3. The molecule has 1 atom stereocenters. The Hall–Kier alpha value is -2.73. The zero-order chi connectivity index (χ0) is 19.6. The lowest BCUT2D eigenvalue weighted by Gasteiger charge is -2.18. The highest BCUT2D eigenvalue weighted by molar-refractivity contribution is 5.79. The average Bonchev–Trinajstić information content (AvgIpc) is 2.94. The van der Waals surface area contributed by atoms with Gasteiger partial charge in [0, 0.05) is 11.6 Å². The Balaban J connectivity index is 2.41. The summed E-state index contributed by atoms with van der Waals surface area (Å²) in [6, 6.07) is 7.28. The summed E-state index contributed by atoms with van der Waals surface area (Å²) in [6.45, 7) is 0. The fourth-order valence-electron chi connectivity index (χ4n) is 3.78. The van der Waals surface area contributed by atoms with E-state index in [1.54, 1.807) is 33.5 Å². The second-order valence-electron chi connectivity index (χ2n) is 6.33. The van der Waals surface area contributed by atoms with E-state index in [1.807, 2.05) is 19.2 Å². The number of hydrogen-bond acceptors (Lipinski definition) is 6. The molecule has 0 saturated carbocycles. The van der Waals surface area contributed by atoms with E-state index < -0.39 is 0 Å². The molecular formula is C21H25NO5. The first-order chi connectivity index (χ1) is 13.1. The van der Waals surface area contributed by atoms with Gasteiger partial charge < -0.3 is 24.3 Å². The molecule has 27 heavy (non-hydrogen) atoms. The van der Waals surface area contributed by atoms with Crippen molar-refractivity contribution < 1.29 is 18.9 Å². The molecule has 144 valence electrons. The smallest absolute Gasteiger partial charge is 0.220 e. The highest BCUT2D eigenvalue weighted by Crippen LogP contribution is 2.48. The van der Waals surface area contributed by atoms with Gasteiger partial charge >= 0.3 is 0 Å². The van der Waals surface area contributed by atoms with E-state index in [2.05, 4.69) is 5.32 Å². The molecule has 1 unspecified atom stereocenters. The first-order valence-corrected chi connectivity index (χ1v) is 8.81. The SMILES string of the molecule is CNC1CCc2c(cc(OC)c(OC)c2OC)-c2ccc(OC)c(=O)cc21. The van der Waals surface area contributed by atoms with E-state index in [0.717, 1.165) is 35.1 Å². The average molecular weight is 371 g/mol. The van der Waals surface area contributed by atoms with Gasteiger partial charge in [0.15, 0.2) is 17.2 Å². The summed E-state index contributed by atoms with van der Waals surface area (Å²) in [4.78, 5) is 12.5. The summed E-state index contributed by atoms with van der Waals surface area (Å²) in [5.41, 5.74) is 3.73. The van der Waals surface area contributed by atoms with Gasteiger partial charge in [0.25, 0.3) is 0 Å². The molecular weight excluding hydrogens is 346 g/mol. The minimum atomic E-state index is -0.144. The van der Waals surface area contributed by atoms with Crippen LogP contribution in [0.5, 0.6) is 23.0 Å². The van der Waals surface area contributed by atoms with Crippen molar-refractivity contribution in [3.8, 4) is 34.1 Å². The number of ether oxygens (including phenoxy) is 4. The highest BCUT2D eigenvalue weighted by atomic mass is 16.5. The predicted octanol–water partition coefficient (Wildman–Crippen LogP) is 2.95. The summed E-state index contributed by atoms with van der Waals surface area (Å²) in [5.74, 6) is 2.13. The fraction of sp³-hybridized carbons (Fsp3) is 0.381. The maximum Gasteiger partial charge on any atom is 0.220 e. The summed E-state index contributed by atoms with van der Waals surface area (Å²) in [5, 5.41) is 3.33. The maximum absolute atomic E-state index is 12.5. The van der Waals surface area contributed by atoms with Crippen LogP contribution < -0.4 is 29.7 Å². The Morgan fingerprint density at radius 2 is 1.59 bits per heavy atom. The molecule has 1 N–H and O–H groups in total. The molecule has 0 bridgehead atoms. The van der Waals surface area contributed by atoms with Gasteiger partial charge in [-0.15, -0.1) is 0 Å². The Kier molecular flexibility index (Phi) is 5.56. The topological polar surface area (TPSA) is 66.0 Å². The van der Waals surface area contributed by atoms with Crippen LogP contribution >= 0.6 is 0 Å². The molecule has 2 aromatic rings. The fourth-order valence-corrected chi connectivity index (χ4v) is 3.78. The number of rotatable bonds is 5. The van der Waals surface area contributed by atoms with Crippen molar-refractivity contribution in [3.05, 3.63) is 45.6 Å². The lowest BCUT2D eigenvalue weighted by atomic mass is 9.96. The second-order valence-corrected chi connectivity index (χ2v) is 6.33. The number of methoxy groups -OCH3 is 4. The lowest BCUT2D eigenvalue weighted by molar-refractivity contribution is 0.322. The third-order valence-electron chi connectivity index (χ3n) is 5.09. The first kappa shape index (κ1) is 19.0. The van der Waals surface area contributed by atoms with Crippen molar-refractivity contribution in [2.75, 3.05) is 35.5 Å². The lowest BCUT2D eigenvalue weighted by Crippen LogP contribution is -2.17. The highest BCUT2D eigenvalue weighted by Gasteiger charge is 2.27. The maximum atomic E-state index is 12.5. The Morgan fingerprint density at radius 3 is 2.19 bits per heavy atom. The van der Waals surface area contributed by atoms with Crippen molar-refractivity contribution in [1.82, 2.24) is 5.32 Å². The zero-order valence-electron chi connectivity index (χ0n) is 16.3. The van der Waals surface area contributed by atoms with Gasteiger partial charge in [-0.25, -0.2) is 0 Å².